The summed E-state index contributed by atoms with van der Waals surface area (Å²) >= 11 is 0. The third kappa shape index (κ3) is 5.54. The van der Waals surface area contributed by atoms with Gasteiger partial charge in [-0.25, -0.2) is 4.99 Å². The standard InChI is InChI=1S/C22H30N4O3/c1-5-23-22(24-13-16-9-10-20-21(11-16)29-15-28-20)25-14-19(26(2)3)17-7-6-8-18(12-17)27-4/h6-12,19H,5,13-15H2,1-4H3,(H2,23,24,25). The van der Waals surface area contributed by atoms with Crippen LogP contribution in [0.1, 0.15) is 24.1 Å². The molecule has 2 aromatic rings. The number of nitrogens with one attached hydrogen (secondary N) is 2. The second-order valence-corrected chi connectivity index (χ2v) is 7.02. The number of methoxy groups -OCH3 is 1. The lowest BCUT2D eigenvalue weighted by Gasteiger charge is -2.26. The Morgan fingerprint density at radius 1 is 1.14 bits per heavy atom. The summed E-state index contributed by atoms with van der Waals surface area (Å²) in [5, 5.41) is 6.77. The highest BCUT2D eigenvalue weighted by atomic mass is 16.7. The Morgan fingerprint density at radius 3 is 2.72 bits per heavy atom. The van der Waals surface area contributed by atoms with Gasteiger partial charge in [0, 0.05) is 13.1 Å². The Bertz CT molecular complexity index is 839. The van der Waals surface area contributed by atoms with E-state index in [2.05, 4.69) is 48.7 Å². The van der Waals surface area contributed by atoms with Crippen molar-refractivity contribution in [3.05, 3.63) is 53.6 Å². The minimum Gasteiger partial charge on any atom is -0.497 e. The van der Waals surface area contributed by atoms with Crippen molar-refractivity contribution in [3.8, 4) is 17.2 Å². The van der Waals surface area contributed by atoms with Gasteiger partial charge < -0.3 is 29.7 Å². The van der Waals surface area contributed by atoms with Crippen molar-refractivity contribution >= 4 is 5.96 Å². The minimum absolute atomic E-state index is 0.180. The normalized spacial score (nSPS) is 14.0. The van der Waals surface area contributed by atoms with Crippen LogP contribution in [0.15, 0.2) is 47.5 Å². The minimum atomic E-state index is 0.180. The van der Waals surface area contributed by atoms with E-state index in [1.807, 2.05) is 30.3 Å². The molecule has 0 radical (unpaired) electrons. The van der Waals surface area contributed by atoms with Gasteiger partial charge in [-0.1, -0.05) is 18.2 Å². The fraction of sp³-hybridized carbons (Fsp3) is 0.409. The van der Waals surface area contributed by atoms with E-state index in [1.165, 1.54) is 5.56 Å². The number of aliphatic imine (C=N–C) groups is 1. The van der Waals surface area contributed by atoms with Crippen LogP contribution >= 0.6 is 0 Å². The van der Waals surface area contributed by atoms with Gasteiger partial charge in [0.1, 0.15) is 5.75 Å². The Balaban J connectivity index is 1.67. The van der Waals surface area contributed by atoms with Crippen molar-refractivity contribution < 1.29 is 14.2 Å². The van der Waals surface area contributed by atoms with Crippen LogP contribution < -0.4 is 24.8 Å². The summed E-state index contributed by atoms with van der Waals surface area (Å²) in [7, 11) is 5.83. The number of nitrogens with zero attached hydrogens (tertiary/aromatic N) is 2. The molecule has 156 valence electrons. The van der Waals surface area contributed by atoms with Crippen LogP contribution in [0.5, 0.6) is 17.2 Å². The van der Waals surface area contributed by atoms with Crippen molar-refractivity contribution in [2.75, 3.05) is 41.1 Å². The fourth-order valence-electron chi connectivity index (χ4n) is 3.19. The van der Waals surface area contributed by atoms with Gasteiger partial charge in [-0.2, -0.15) is 0 Å². The van der Waals surface area contributed by atoms with Gasteiger partial charge in [0.15, 0.2) is 17.5 Å². The van der Waals surface area contributed by atoms with E-state index in [4.69, 9.17) is 19.2 Å². The van der Waals surface area contributed by atoms with Crippen LogP contribution in [-0.2, 0) is 6.54 Å². The molecule has 0 aromatic heterocycles. The molecule has 7 heteroatoms. The van der Waals surface area contributed by atoms with E-state index in [-0.39, 0.29) is 12.8 Å². The van der Waals surface area contributed by atoms with Gasteiger partial charge in [0.2, 0.25) is 6.79 Å². The summed E-state index contributed by atoms with van der Waals surface area (Å²) in [4.78, 5) is 6.91. The summed E-state index contributed by atoms with van der Waals surface area (Å²) in [6.07, 6.45) is 0. The van der Waals surface area contributed by atoms with E-state index in [9.17, 15) is 0 Å². The molecule has 29 heavy (non-hydrogen) atoms. The quantitative estimate of drug-likeness (QED) is 0.527. The summed E-state index contributed by atoms with van der Waals surface area (Å²) in [6.45, 7) is 4.40. The molecule has 1 atom stereocenters. The van der Waals surface area contributed by atoms with Crippen molar-refractivity contribution in [3.63, 3.8) is 0 Å². The first-order valence-electron chi connectivity index (χ1n) is 9.81. The second-order valence-electron chi connectivity index (χ2n) is 7.02. The van der Waals surface area contributed by atoms with Crippen LogP contribution in [0.25, 0.3) is 0 Å². The number of likely N-dealkylation sites (N-methyl/N-ethyl adjacent to an activating group) is 1. The van der Waals surface area contributed by atoms with E-state index >= 15 is 0 Å². The largest absolute Gasteiger partial charge is 0.497 e. The number of guanidine groups is 1. The lowest BCUT2D eigenvalue weighted by Crippen LogP contribution is -2.41. The molecule has 1 aliphatic heterocycles. The van der Waals surface area contributed by atoms with Gasteiger partial charge in [-0.3, -0.25) is 0 Å². The second kappa shape index (κ2) is 10.0. The molecule has 0 bridgehead atoms. The smallest absolute Gasteiger partial charge is 0.231 e. The molecular formula is C22H30N4O3. The van der Waals surface area contributed by atoms with Gasteiger partial charge in [0.25, 0.3) is 0 Å². The topological polar surface area (TPSA) is 67.4 Å². The molecule has 2 aromatic carbocycles. The lowest BCUT2D eigenvalue weighted by molar-refractivity contribution is 0.174. The van der Waals surface area contributed by atoms with Crippen molar-refractivity contribution in [1.82, 2.24) is 15.5 Å². The van der Waals surface area contributed by atoms with Crippen molar-refractivity contribution in [1.29, 1.82) is 0 Å². The molecule has 1 aliphatic rings. The summed E-state index contributed by atoms with van der Waals surface area (Å²) in [6, 6.07) is 14.3. The predicted molar refractivity (Wildman–Crippen MR) is 115 cm³/mol. The molecule has 0 spiro atoms. The van der Waals surface area contributed by atoms with Crippen molar-refractivity contribution in [2.45, 2.75) is 19.5 Å². The number of hydrogen-bond acceptors (Lipinski definition) is 5. The van der Waals surface area contributed by atoms with Crippen LogP contribution in [0.4, 0.5) is 0 Å². The molecule has 0 fully saturated rings. The Kier molecular flexibility index (Phi) is 7.19. The summed E-state index contributed by atoms with van der Waals surface area (Å²) in [5.74, 6) is 3.20. The third-order valence-corrected chi connectivity index (χ3v) is 4.77. The Labute approximate surface area is 172 Å². The molecule has 2 N–H and O–H groups in total. The zero-order valence-corrected chi connectivity index (χ0v) is 17.6. The number of ether oxygens (including phenoxy) is 3. The Morgan fingerprint density at radius 2 is 1.97 bits per heavy atom. The molecule has 0 aliphatic carbocycles. The number of benzene rings is 2. The molecular weight excluding hydrogens is 368 g/mol. The lowest BCUT2D eigenvalue weighted by atomic mass is 10.1. The molecule has 0 saturated heterocycles. The SMILES string of the molecule is CCNC(=NCc1ccc2c(c1)OCO2)NCC(c1cccc(OC)c1)N(C)C. The molecule has 1 unspecified atom stereocenters. The third-order valence-electron chi connectivity index (χ3n) is 4.77. The fourth-order valence-corrected chi connectivity index (χ4v) is 3.19. The van der Waals surface area contributed by atoms with Gasteiger partial charge in [-0.15, -0.1) is 0 Å². The zero-order valence-electron chi connectivity index (χ0n) is 17.6. The maximum atomic E-state index is 5.45. The summed E-state index contributed by atoms with van der Waals surface area (Å²) < 4.78 is 16.2. The maximum absolute atomic E-state index is 5.45. The number of rotatable bonds is 8. The van der Waals surface area contributed by atoms with Crippen LogP contribution in [-0.4, -0.2) is 51.9 Å². The van der Waals surface area contributed by atoms with Crippen LogP contribution in [0, 0.1) is 0 Å². The first kappa shape index (κ1) is 20.8. The predicted octanol–water partition coefficient (Wildman–Crippen LogP) is 2.78. The van der Waals surface area contributed by atoms with Crippen molar-refractivity contribution in [2.24, 2.45) is 4.99 Å². The van der Waals surface area contributed by atoms with E-state index in [0.29, 0.717) is 13.1 Å². The van der Waals surface area contributed by atoms with Crippen LogP contribution in [0.3, 0.4) is 0 Å². The molecule has 3 rings (SSSR count). The van der Waals surface area contributed by atoms with E-state index < -0.39 is 0 Å². The maximum Gasteiger partial charge on any atom is 0.231 e. The highest BCUT2D eigenvalue weighted by Gasteiger charge is 2.16. The average molecular weight is 399 g/mol. The zero-order chi connectivity index (χ0) is 20.6. The first-order chi connectivity index (χ1) is 14.1. The van der Waals surface area contributed by atoms with Gasteiger partial charge in [0.05, 0.1) is 19.7 Å². The number of hydrogen-bond donors (Lipinski definition) is 2. The molecule has 1 heterocycles. The summed E-state index contributed by atoms with van der Waals surface area (Å²) in [5.41, 5.74) is 2.26. The average Bonchev–Trinajstić information content (AvgIpc) is 3.20. The highest BCUT2D eigenvalue weighted by molar-refractivity contribution is 5.79. The Hall–Kier alpha value is -2.93. The monoisotopic (exact) mass is 398 g/mol. The molecule has 7 nitrogen and oxygen atoms in total. The first-order valence-corrected chi connectivity index (χ1v) is 9.81. The highest BCUT2D eigenvalue weighted by Crippen LogP contribution is 2.32. The van der Waals surface area contributed by atoms with E-state index in [0.717, 1.165) is 35.3 Å². The number of fused-ring (bicyclic) bond motifs is 1. The van der Waals surface area contributed by atoms with E-state index in [1.54, 1.807) is 7.11 Å². The molecule has 0 amide bonds. The van der Waals surface area contributed by atoms with Gasteiger partial charge >= 0.3 is 0 Å². The van der Waals surface area contributed by atoms with Crippen LogP contribution in [0.2, 0.25) is 0 Å². The van der Waals surface area contributed by atoms with Gasteiger partial charge in [-0.05, 0) is 56.4 Å². The molecule has 0 saturated carbocycles.